The van der Waals surface area contributed by atoms with Gasteiger partial charge in [-0.2, -0.15) is 0 Å². The average molecular weight is 206 g/mol. The minimum atomic E-state index is -0.308. The molecule has 0 aliphatic heterocycles. The molecule has 0 heterocycles. The van der Waals surface area contributed by atoms with Crippen molar-refractivity contribution in [2.75, 3.05) is 0 Å². The second kappa shape index (κ2) is 4.80. The topological polar surface area (TPSA) is 20.2 Å². The molecule has 0 aromatic heterocycles. The van der Waals surface area contributed by atoms with E-state index in [2.05, 4.69) is 39.8 Å². The van der Waals surface area contributed by atoms with Crippen LogP contribution >= 0.6 is 0 Å². The van der Waals surface area contributed by atoms with Crippen LogP contribution in [0.15, 0.2) is 24.3 Å². The van der Waals surface area contributed by atoms with Crippen LogP contribution in [-0.2, 0) is 5.41 Å². The molecule has 1 aromatic rings. The van der Waals surface area contributed by atoms with Gasteiger partial charge in [-0.3, -0.25) is 0 Å². The first-order chi connectivity index (χ1) is 6.95. The summed E-state index contributed by atoms with van der Waals surface area (Å²) in [5.74, 6) is 0. The second-order valence-corrected chi connectivity index (χ2v) is 5.18. The Bertz CT molecular complexity index is 309. The zero-order valence-electron chi connectivity index (χ0n) is 10.2. The van der Waals surface area contributed by atoms with E-state index in [0.717, 1.165) is 18.4 Å². The van der Waals surface area contributed by atoms with Crippen molar-refractivity contribution in [1.82, 2.24) is 0 Å². The molecule has 15 heavy (non-hydrogen) atoms. The Morgan fingerprint density at radius 1 is 1.27 bits per heavy atom. The molecular formula is C14H22O. The van der Waals surface area contributed by atoms with E-state index < -0.39 is 0 Å². The molecule has 84 valence electrons. The maximum absolute atomic E-state index is 9.91. The molecule has 1 rings (SSSR count). The van der Waals surface area contributed by atoms with Gasteiger partial charge in [0.2, 0.25) is 0 Å². The summed E-state index contributed by atoms with van der Waals surface area (Å²) in [6.07, 6.45) is 1.55. The largest absolute Gasteiger partial charge is 0.388 e. The smallest absolute Gasteiger partial charge is 0.0790 e. The highest BCUT2D eigenvalue weighted by molar-refractivity contribution is 5.29. The lowest BCUT2D eigenvalue weighted by molar-refractivity contribution is 0.166. The van der Waals surface area contributed by atoms with Crippen LogP contribution in [-0.4, -0.2) is 5.11 Å². The predicted octanol–water partition coefficient (Wildman–Crippen LogP) is 3.82. The summed E-state index contributed by atoms with van der Waals surface area (Å²) in [6, 6.07) is 8.30. The molecule has 0 spiro atoms. The van der Waals surface area contributed by atoms with Gasteiger partial charge in [0.25, 0.3) is 0 Å². The first-order valence-corrected chi connectivity index (χ1v) is 5.73. The highest BCUT2D eigenvalue weighted by Gasteiger charge is 2.15. The van der Waals surface area contributed by atoms with Crippen molar-refractivity contribution in [3.05, 3.63) is 35.4 Å². The van der Waals surface area contributed by atoms with Crippen LogP contribution in [0.25, 0.3) is 0 Å². The zero-order chi connectivity index (χ0) is 11.5. The van der Waals surface area contributed by atoms with Crippen molar-refractivity contribution in [1.29, 1.82) is 0 Å². The lowest BCUT2D eigenvalue weighted by Gasteiger charge is -2.21. The maximum atomic E-state index is 9.91. The summed E-state index contributed by atoms with van der Waals surface area (Å²) in [5, 5.41) is 9.91. The molecule has 1 atom stereocenters. The molecule has 0 amide bonds. The second-order valence-electron chi connectivity index (χ2n) is 5.18. The predicted molar refractivity (Wildman–Crippen MR) is 65.0 cm³/mol. The molecule has 1 heteroatoms. The number of hydrogen-bond donors (Lipinski definition) is 1. The zero-order valence-corrected chi connectivity index (χ0v) is 10.2. The van der Waals surface area contributed by atoms with E-state index in [1.54, 1.807) is 0 Å². The van der Waals surface area contributed by atoms with Crippen LogP contribution in [0.1, 0.15) is 57.8 Å². The van der Waals surface area contributed by atoms with Gasteiger partial charge >= 0.3 is 0 Å². The molecule has 0 radical (unpaired) electrons. The molecule has 1 aromatic carbocycles. The van der Waals surface area contributed by atoms with Crippen LogP contribution in [0.2, 0.25) is 0 Å². The normalized spacial score (nSPS) is 13.9. The Labute approximate surface area is 93.1 Å². The minimum Gasteiger partial charge on any atom is -0.388 e. The van der Waals surface area contributed by atoms with Crippen LogP contribution in [0.5, 0.6) is 0 Å². The third-order valence-electron chi connectivity index (χ3n) is 2.70. The van der Waals surface area contributed by atoms with Crippen molar-refractivity contribution >= 4 is 0 Å². The van der Waals surface area contributed by atoms with Crippen LogP contribution in [0.4, 0.5) is 0 Å². The summed E-state index contributed by atoms with van der Waals surface area (Å²) < 4.78 is 0. The molecular weight excluding hydrogens is 184 g/mol. The fourth-order valence-electron chi connectivity index (χ4n) is 1.65. The van der Waals surface area contributed by atoms with Gasteiger partial charge in [-0.15, -0.1) is 0 Å². The van der Waals surface area contributed by atoms with Crippen LogP contribution in [0.3, 0.4) is 0 Å². The van der Waals surface area contributed by atoms with Gasteiger partial charge in [0.05, 0.1) is 6.10 Å². The highest BCUT2D eigenvalue weighted by atomic mass is 16.3. The van der Waals surface area contributed by atoms with Gasteiger partial charge in [0, 0.05) is 0 Å². The third-order valence-corrected chi connectivity index (χ3v) is 2.70. The summed E-state index contributed by atoms with van der Waals surface area (Å²) in [7, 11) is 0. The fraction of sp³-hybridized carbons (Fsp3) is 0.571. The lowest BCUT2D eigenvalue weighted by Crippen LogP contribution is -2.11. The van der Waals surface area contributed by atoms with Crippen molar-refractivity contribution in [3.63, 3.8) is 0 Å². The fourth-order valence-corrected chi connectivity index (χ4v) is 1.65. The first kappa shape index (κ1) is 12.3. The Kier molecular flexibility index (Phi) is 3.92. The molecule has 1 unspecified atom stereocenters. The number of rotatable bonds is 3. The van der Waals surface area contributed by atoms with Crippen LogP contribution in [0, 0.1) is 0 Å². The maximum Gasteiger partial charge on any atom is 0.0790 e. The van der Waals surface area contributed by atoms with Crippen molar-refractivity contribution in [3.8, 4) is 0 Å². The van der Waals surface area contributed by atoms with Crippen molar-refractivity contribution in [2.45, 2.75) is 52.1 Å². The van der Waals surface area contributed by atoms with E-state index >= 15 is 0 Å². The molecule has 0 aliphatic carbocycles. The first-order valence-electron chi connectivity index (χ1n) is 5.73. The minimum absolute atomic E-state index is 0.155. The molecule has 1 N–H and O–H groups in total. The van der Waals surface area contributed by atoms with Crippen molar-refractivity contribution in [2.24, 2.45) is 0 Å². The van der Waals surface area contributed by atoms with E-state index in [4.69, 9.17) is 0 Å². The molecule has 1 nitrogen and oxygen atoms in total. The molecule has 0 bridgehead atoms. The Morgan fingerprint density at radius 2 is 1.93 bits per heavy atom. The third kappa shape index (κ3) is 3.35. The van der Waals surface area contributed by atoms with Gasteiger partial charge in [-0.05, 0) is 23.0 Å². The molecule has 0 aliphatic rings. The Morgan fingerprint density at radius 3 is 2.47 bits per heavy atom. The van der Waals surface area contributed by atoms with E-state index in [0.29, 0.717) is 0 Å². The summed E-state index contributed by atoms with van der Waals surface area (Å²) >= 11 is 0. The Hall–Kier alpha value is -0.820. The average Bonchev–Trinajstić information content (AvgIpc) is 2.17. The summed E-state index contributed by atoms with van der Waals surface area (Å²) in [6.45, 7) is 8.67. The van der Waals surface area contributed by atoms with E-state index in [1.165, 1.54) is 5.56 Å². The molecule has 0 saturated heterocycles. The van der Waals surface area contributed by atoms with Crippen molar-refractivity contribution < 1.29 is 5.11 Å². The number of aliphatic hydroxyl groups is 1. The number of hydrogen-bond acceptors (Lipinski definition) is 1. The number of benzene rings is 1. The monoisotopic (exact) mass is 206 g/mol. The van der Waals surface area contributed by atoms with Gasteiger partial charge in [-0.25, -0.2) is 0 Å². The van der Waals surface area contributed by atoms with E-state index in [-0.39, 0.29) is 11.5 Å². The van der Waals surface area contributed by atoms with E-state index in [9.17, 15) is 5.11 Å². The van der Waals surface area contributed by atoms with Gasteiger partial charge in [0.1, 0.15) is 0 Å². The lowest BCUT2D eigenvalue weighted by atomic mass is 9.85. The summed E-state index contributed by atoms with van der Waals surface area (Å²) in [4.78, 5) is 0. The highest BCUT2D eigenvalue weighted by Crippen LogP contribution is 2.26. The molecule has 0 saturated carbocycles. The summed E-state index contributed by atoms with van der Waals surface area (Å²) in [5.41, 5.74) is 2.49. The van der Waals surface area contributed by atoms with Gasteiger partial charge < -0.3 is 5.11 Å². The quantitative estimate of drug-likeness (QED) is 0.797. The molecule has 0 fully saturated rings. The number of aliphatic hydroxyl groups excluding tert-OH is 1. The van der Waals surface area contributed by atoms with Gasteiger partial charge in [-0.1, -0.05) is 58.4 Å². The standard InChI is InChI=1S/C14H22O/c1-5-7-13(15)11-8-6-9-12(10-11)14(2,3)4/h6,8-10,13,15H,5,7H2,1-4H3. The van der Waals surface area contributed by atoms with Gasteiger partial charge in [0.15, 0.2) is 0 Å². The van der Waals surface area contributed by atoms with Crippen LogP contribution < -0.4 is 0 Å². The SMILES string of the molecule is CCCC(O)c1cccc(C(C)(C)C)c1. The Balaban J connectivity index is 2.92. The van der Waals surface area contributed by atoms with E-state index in [1.807, 2.05) is 12.1 Å².